The van der Waals surface area contributed by atoms with E-state index in [-0.39, 0.29) is 12.0 Å². The molecule has 0 bridgehead atoms. The molecule has 1 atom stereocenters. The molecule has 14 heavy (non-hydrogen) atoms. The van der Waals surface area contributed by atoms with Crippen LogP contribution in [0.25, 0.3) is 0 Å². The van der Waals surface area contributed by atoms with E-state index in [0.29, 0.717) is 12.5 Å². The highest BCUT2D eigenvalue weighted by Gasteiger charge is 2.15. The normalized spacial score (nSPS) is 13.0. The molecule has 0 aromatic carbocycles. The third kappa shape index (κ3) is 4.26. The Balaban J connectivity index is 4.63. The van der Waals surface area contributed by atoms with Crippen LogP contribution in [-0.2, 0) is 9.59 Å². The molecule has 0 fully saturated rings. The van der Waals surface area contributed by atoms with Crippen LogP contribution in [-0.4, -0.2) is 22.2 Å². The van der Waals surface area contributed by atoms with Gasteiger partial charge in [-0.3, -0.25) is 0 Å². The molecule has 0 aliphatic heterocycles. The Morgan fingerprint density at radius 2 is 2.07 bits per heavy atom. The van der Waals surface area contributed by atoms with E-state index in [1.54, 1.807) is 6.92 Å². The first-order chi connectivity index (χ1) is 6.51. The lowest BCUT2D eigenvalue weighted by Crippen LogP contribution is -2.08. The summed E-state index contributed by atoms with van der Waals surface area (Å²) in [5.41, 5.74) is -0.245. The maximum absolute atomic E-state index is 10.6. The third-order valence-corrected chi connectivity index (χ3v) is 1.71. The van der Waals surface area contributed by atoms with E-state index in [9.17, 15) is 9.59 Å². The Morgan fingerprint density at radius 3 is 2.36 bits per heavy atom. The first-order valence-corrected chi connectivity index (χ1v) is 4.07. The summed E-state index contributed by atoms with van der Waals surface area (Å²) in [6, 6.07) is 1.91. The molecule has 0 saturated carbocycles. The summed E-state index contributed by atoms with van der Waals surface area (Å²) in [6.45, 7) is 1.74. The van der Waals surface area contributed by atoms with Crippen LogP contribution in [0.4, 0.5) is 0 Å². The Labute approximate surface area is 81.3 Å². The minimum atomic E-state index is -1.31. The smallest absolute Gasteiger partial charge is 0.331 e. The van der Waals surface area contributed by atoms with Crippen LogP contribution in [0.15, 0.2) is 11.6 Å². The number of carboxylic acids is 2. The van der Waals surface area contributed by atoms with Gasteiger partial charge in [-0.15, -0.1) is 0 Å². The quantitative estimate of drug-likeness (QED) is 0.641. The molecule has 5 nitrogen and oxygen atoms in total. The molecule has 0 saturated heterocycles. The van der Waals surface area contributed by atoms with Crippen LogP contribution >= 0.6 is 0 Å². The Morgan fingerprint density at radius 1 is 1.50 bits per heavy atom. The zero-order valence-corrected chi connectivity index (χ0v) is 7.73. The molecule has 1 unspecified atom stereocenters. The third-order valence-electron chi connectivity index (χ3n) is 1.71. The van der Waals surface area contributed by atoms with Gasteiger partial charge in [-0.05, 0) is 12.8 Å². The first kappa shape index (κ1) is 12.2. The SMILES string of the molecule is CCC(C#N)CC(=CC(=O)O)C(=O)O. The second-order valence-electron chi connectivity index (χ2n) is 2.75. The number of hydrogen-bond acceptors (Lipinski definition) is 3. The van der Waals surface area contributed by atoms with E-state index in [2.05, 4.69) is 0 Å². The van der Waals surface area contributed by atoms with Crippen molar-refractivity contribution in [2.45, 2.75) is 19.8 Å². The fourth-order valence-electron chi connectivity index (χ4n) is 0.904. The molecule has 0 aromatic rings. The molecule has 0 aliphatic rings. The molecule has 0 aromatic heterocycles. The molecule has 0 amide bonds. The van der Waals surface area contributed by atoms with Crippen molar-refractivity contribution in [3.8, 4) is 6.07 Å². The van der Waals surface area contributed by atoms with E-state index in [1.165, 1.54) is 0 Å². The van der Waals surface area contributed by atoms with Crippen LogP contribution in [0, 0.1) is 17.2 Å². The highest BCUT2D eigenvalue weighted by molar-refractivity contribution is 5.94. The summed E-state index contributed by atoms with van der Waals surface area (Å²) in [7, 11) is 0. The van der Waals surface area contributed by atoms with Gasteiger partial charge < -0.3 is 10.2 Å². The lowest BCUT2D eigenvalue weighted by Gasteiger charge is -2.05. The number of nitriles is 1. The zero-order chi connectivity index (χ0) is 11.1. The van der Waals surface area contributed by atoms with Crippen molar-refractivity contribution in [1.82, 2.24) is 0 Å². The molecule has 0 radical (unpaired) electrons. The van der Waals surface area contributed by atoms with Crippen molar-refractivity contribution in [1.29, 1.82) is 5.26 Å². The zero-order valence-electron chi connectivity index (χ0n) is 7.73. The molecule has 0 rings (SSSR count). The van der Waals surface area contributed by atoms with Gasteiger partial charge in [0, 0.05) is 11.6 Å². The number of hydrogen-bond donors (Lipinski definition) is 2. The molecule has 0 heterocycles. The summed E-state index contributed by atoms with van der Waals surface area (Å²) in [5, 5.41) is 25.6. The van der Waals surface area contributed by atoms with Gasteiger partial charge >= 0.3 is 11.9 Å². The largest absolute Gasteiger partial charge is 0.478 e. The summed E-state index contributed by atoms with van der Waals surface area (Å²) in [6.07, 6.45) is 1.09. The highest BCUT2D eigenvalue weighted by atomic mass is 16.4. The molecule has 5 heteroatoms. The van der Waals surface area contributed by atoms with Crippen molar-refractivity contribution in [3.63, 3.8) is 0 Å². The van der Waals surface area contributed by atoms with Crippen LogP contribution in [0.5, 0.6) is 0 Å². The Kier molecular flexibility index (Phi) is 5.00. The summed E-state index contributed by atoms with van der Waals surface area (Å²) >= 11 is 0. The molecular formula is C9H11NO4. The van der Waals surface area contributed by atoms with Crippen molar-refractivity contribution in [3.05, 3.63) is 11.6 Å². The van der Waals surface area contributed by atoms with Gasteiger partial charge in [0.2, 0.25) is 0 Å². The first-order valence-electron chi connectivity index (χ1n) is 4.07. The maximum atomic E-state index is 10.6. The standard InChI is InChI=1S/C9H11NO4/c1-2-6(5-10)3-7(9(13)14)4-8(11)12/h4,6H,2-3H2,1H3,(H,11,12)(H,13,14). The molecule has 0 aliphatic carbocycles. The van der Waals surface area contributed by atoms with Crippen LogP contribution < -0.4 is 0 Å². The average Bonchev–Trinajstić information content (AvgIpc) is 2.11. The predicted molar refractivity (Wildman–Crippen MR) is 47.4 cm³/mol. The van der Waals surface area contributed by atoms with Gasteiger partial charge in [0.1, 0.15) is 0 Å². The Hall–Kier alpha value is -1.83. The molecule has 76 valence electrons. The minimum absolute atomic E-state index is 0.0331. The van der Waals surface area contributed by atoms with E-state index < -0.39 is 17.9 Å². The number of carboxylic acid groups (broad SMARTS) is 2. The number of nitrogens with zero attached hydrogens (tertiary/aromatic N) is 1. The maximum Gasteiger partial charge on any atom is 0.331 e. The number of rotatable bonds is 5. The van der Waals surface area contributed by atoms with Gasteiger partial charge in [0.05, 0.1) is 12.0 Å². The second-order valence-corrected chi connectivity index (χ2v) is 2.75. The van der Waals surface area contributed by atoms with E-state index in [1.807, 2.05) is 6.07 Å². The minimum Gasteiger partial charge on any atom is -0.478 e. The van der Waals surface area contributed by atoms with Crippen molar-refractivity contribution in [2.24, 2.45) is 5.92 Å². The van der Waals surface area contributed by atoms with Crippen LogP contribution in [0.3, 0.4) is 0 Å². The number of carbonyl (C=O) groups is 2. The fraction of sp³-hybridized carbons (Fsp3) is 0.444. The molecular weight excluding hydrogens is 186 g/mol. The highest BCUT2D eigenvalue weighted by Crippen LogP contribution is 2.14. The summed E-state index contributed by atoms with van der Waals surface area (Å²) < 4.78 is 0. The van der Waals surface area contributed by atoms with Crippen LogP contribution in [0.1, 0.15) is 19.8 Å². The topological polar surface area (TPSA) is 98.4 Å². The fourth-order valence-corrected chi connectivity index (χ4v) is 0.904. The summed E-state index contributed by atoms with van der Waals surface area (Å²) in [5.74, 6) is -3.05. The Bertz CT molecular complexity index is 300. The van der Waals surface area contributed by atoms with Crippen molar-refractivity contribution in [2.75, 3.05) is 0 Å². The van der Waals surface area contributed by atoms with E-state index >= 15 is 0 Å². The van der Waals surface area contributed by atoms with Gasteiger partial charge in [0.25, 0.3) is 0 Å². The number of aliphatic carboxylic acids is 2. The predicted octanol–water partition coefficient (Wildman–Crippen LogP) is 1.02. The molecule has 2 N–H and O–H groups in total. The lowest BCUT2D eigenvalue weighted by atomic mass is 9.98. The van der Waals surface area contributed by atoms with Crippen molar-refractivity contribution < 1.29 is 19.8 Å². The van der Waals surface area contributed by atoms with E-state index in [0.717, 1.165) is 0 Å². The van der Waals surface area contributed by atoms with Crippen LogP contribution in [0.2, 0.25) is 0 Å². The summed E-state index contributed by atoms with van der Waals surface area (Å²) in [4.78, 5) is 20.8. The van der Waals surface area contributed by atoms with E-state index in [4.69, 9.17) is 15.5 Å². The second kappa shape index (κ2) is 5.75. The van der Waals surface area contributed by atoms with Gasteiger partial charge in [-0.1, -0.05) is 6.92 Å². The molecule has 0 spiro atoms. The van der Waals surface area contributed by atoms with Crippen molar-refractivity contribution >= 4 is 11.9 Å². The monoisotopic (exact) mass is 197 g/mol. The average molecular weight is 197 g/mol. The van der Waals surface area contributed by atoms with Gasteiger partial charge in [-0.2, -0.15) is 5.26 Å². The van der Waals surface area contributed by atoms with Gasteiger partial charge in [-0.25, -0.2) is 9.59 Å². The lowest BCUT2D eigenvalue weighted by molar-refractivity contribution is -0.135. The van der Waals surface area contributed by atoms with Gasteiger partial charge in [0.15, 0.2) is 0 Å².